The molecule has 1 aromatic heterocycles. The third-order valence-electron chi connectivity index (χ3n) is 4.37. The lowest BCUT2D eigenvalue weighted by molar-refractivity contribution is -0.112. The summed E-state index contributed by atoms with van der Waals surface area (Å²) in [6, 6.07) is 11.3. The number of benzene rings is 2. The van der Waals surface area contributed by atoms with Crippen LogP contribution in [0.1, 0.15) is 11.4 Å². The van der Waals surface area contributed by atoms with Gasteiger partial charge in [-0.3, -0.25) is 9.59 Å². The smallest absolute Gasteiger partial charge is 0.259 e. The number of carbonyl (C=O) groups excluding carboxylic acids is 1. The summed E-state index contributed by atoms with van der Waals surface area (Å²) in [7, 11) is 0. The van der Waals surface area contributed by atoms with Gasteiger partial charge in [0.15, 0.2) is 5.78 Å². The highest BCUT2D eigenvalue weighted by Crippen LogP contribution is 2.30. The molecule has 0 atom stereocenters. The van der Waals surface area contributed by atoms with Gasteiger partial charge in [-0.2, -0.15) is 0 Å². The molecule has 0 aliphatic carbocycles. The Morgan fingerprint density at radius 1 is 1.19 bits per heavy atom. The maximum Gasteiger partial charge on any atom is 0.259 e. The number of H-pyrrole nitrogens is 1. The van der Waals surface area contributed by atoms with Crippen LogP contribution in [0.5, 0.6) is 0 Å². The molecule has 1 aliphatic heterocycles. The molecule has 130 valence electrons. The molecule has 0 radical (unpaired) electrons. The Morgan fingerprint density at radius 3 is 2.73 bits per heavy atom. The van der Waals surface area contributed by atoms with Crippen LogP contribution in [0.3, 0.4) is 0 Å². The Bertz CT molecular complexity index is 1150. The van der Waals surface area contributed by atoms with Crippen molar-refractivity contribution in [3.63, 3.8) is 0 Å². The Kier molecular flexibility index (Phi) is 3.57. The molecule has 26 heavy (non-hydrogen) atoms. The highest BCUT2D eigenvalue weighted by molar-refractivity contribution is 6.25. The molecule has 7 heteroatoms. The van der Waals surface area contributed by atoms with Gasteiger partial charge >= 0.3 is 0 Å². The molecule has 0 saturated heterocycles. The number of halogens is 1. The third-order valence-corrected chi connectivity index (χ3v) is 4.37. The van der Waals surface area contributed by atoms with E-state index in [9.17, 15) is 14.0 Å². The van der Waals surface area contributed by atoms with Gasteiger partial charge in [-0.05, 0) is 36.8 Å². The van der Waals surface area contributed by atoms with Gasteiger partial charge in [0.2, 0.25) is 0 Å². The number of nitrogens with two attached hydrogens (primary N) is 1. The number of carbonyl (C=O) groups is 1. The number of anilines is 1. The average Bonchev–Trinajstić information content (AvgIpc) is 2.89. The van der Waals surface area contributed by atoms with Crippen molar-refractivity contribution < 1.29 is 9.18 Å². The van der Waals surface area contributed by atoms with Gasteiger partial charge < -0.3 is 15.6 Å². The molecule has 3 aromatic rings. The van der Waals surface area contributed by atoms with Crippen LogP contribution in [0.4, 0.5) is 10.1 Å². The first kappa shape index (κ1) is 16.0. The Hall–Kier alpha value is -3.48. The second kappa shape index (κ2) is 5.80. The van der Waals surface area contributed by atoms with Gasteiger partial charge in [-0.15, -0.1) is 0 Å². The number of aromatic amines is 1. The predicted molar refractivity (Wildman–Crippen MR) is 97.0 cm³/mol. The molecule has 1 aliphatic rings. The predicted octanol–water partition coefficient (Wildman–Crippen LogP) is 2.09. The highest BCUT2D eigenvalue weighted by atomic mass is 19.1. The molecule has 4 rings (SSSR count). The zero-order valence-corrected chi connectivity index (χ0v) is 13.9. The topological polar surface area (TPSA) is 92.1 Å². The van der Waals surface area contributed by atoms with E-state index >= 15 is 0 Å². The zero-order valence-electron chi connectivity index (χ0n) is 13.9. The van der Waals surface area contributed by atoms with Crippen molar-refractivity contribution >= 4 is 27.9 Å². The van der Waals surface area contributed by atoms with Gasteiger partial charge in [-0.1, -0.05) is 18.2 Å². The van der Waals surface area contributed by atoms with Crippen molar-refractivity contribution in [2.75, 3.05) is 11.4 Å². The number of para-hydroxylation sites is 1. The lowest BCUT2D eigenvalue weighted by atomic mass is 10.1. The number of ketones is 1. The quantitative estimate of drug-likeness (QED) is 0.738. The number of fused-ring (bicyclic) bond motifs is 1. The van der Waals surface area contributed by atoms with E-state index in [2.05, 4.69) is 9.97 Å². The lowest BCUT2D eigenvalue weighted by Gasteiger charge is -2.19. The standard InChI is InChI=1S/C19H15FN4O2/c1-10-6-7-11-13(8-10)22-18(23-19(11)26)16-15(25)9-24(17(16)21)14-5-3-2-4-12(14)20/h2-8H,9,21H2,1H3,(H,22,23,26). The summed E-state index contributed by atoms with van der Waals surface area (Å²) in [6.07, 6.45) is 0. The fraction of sp³-hybridized carbons (Fsp3) is 0.105. The monoisotopic (exact) mass is 350 g/mol. The maximum absolute atomic E-state index is 14.1. The second-order valence-electron chi connectivity index (χ2n) is 6.16. The molecule has 0 spiro atoms. The SMILES string of the molecule is Cc1ccc2c(=O)[nH]c(C3=C(N)N(c4ccccc4F)CC3=O)nc2c1. The van der Waals surface area contributed by atoms with Gasteiger partial charge in [0.05, 0.1) is 23.1 Å². The average molecular weight is 350 g/mol. The van der Waals surface area contributed by atoms with Crippen LogP contribution in [0, 0.1) is 12.7 Å². The number of nitrogens with zero attached hydrogens (tertiary/aromatic N) is 2. The summed E-state index contributed by atoms with van der Waals surface area (Å²) >= 11 is 0. The van der Waals surface area contributed by atoms with E-state index in [1.807, 2.05) is 13.0 Å². The number of hydrogen-bond donors (Lipinski definition) is 2. The van der Waals surface area contributed by atoms with Crippen LogP contribution in [0.25, 0.3) is 16.5 Å². The van der Waals surface area contributed by atoms with Crippen molar-refractivity contribution in [2.24, 2.45) is 5.73 Å². The summed E-state index contributed by atoms with van der Waals surface area (Å²) < 4.78 is 14.1. The van der Waals surface area contributed by atoms with Crippen LogP contribution in [0.2, 0.25) is 0 Å². The summed E-state index contributed by atoms with van der Waals surface area (Å²) in [6.45, 7) is 1.77. The number of nitrogens with one attached hydrogen (secondary N) is 1. The number of aromatic nitrogens is 2. The van der Waals surface area contributed by atoms with Crippen LogP contribution < -0.4 is 16.2 Å². The number of hydrogen-bond acceptors (Lipinski definition) is 5. The molecule has 6 nitrogen and oxygen atoms in total. The van der Waals surface area contributed by atoms with Crippen molar-refractivity contribution in [2.45, 2.75) is 6.92 Å². The van der Waals surface area contributed by atoms with Crippen molar-refractivity contribution in [3.05, 3.63) is 75.8 Å². The maximum atomic E-state index is 14.1. The van der Waals surface area contributed by atoms with E-state index in [0.29, 0.717) is 10.9 Å². The molecular weight excluding hydrogens is 335 g/mol. The van der Waals surface area contributed by atoms with E-state index in [4.69, 9.17) is 5.73 Å². The van der Waals surface area contributed by atoms with Gasteiger partial charge in [0.25, 0.3) is 5.56 Å². The van der Waals surface area contributed by atoms with Crippen LogP contribution >= 0.6 is 0 Å². The van der Waals surface area contributed by atoms with Gasteiger partial charge in [0.1, 0.15) is 23.0 Å². The first-order chi connectivity index (χ1) is 12.5. The highest BCUT2D eigenvalue weighted by Gasteiger charge is 2.33. The molecule has 2 heterocycles. The van der Waals surface area contributed by atoms with E-state index < -0.39 is 5.82 Å². The summed E-state index contributed by atoms with van der Waals surface area (Å²) in [5, 5.41) is 0.426. The first-order valence-corrected chi connectivity index (χ1v) is 8.02. The molecule has 0 fully saturated rings. The molecule has 0 saturated carbocycles. The van der Waals surface area contributed by atoms with Gasteiger partial charge in [0, 0.05) is 0 Å². The van der Waals surface area contributed by atoms with Crippen molar-refractivity contribution in [1.29, 1.82) is 0 Å². The minimum atomic E-state index is -0.486. The minimum Gasteiger partial charge on any atom is -0.384 e. The Morgan fingerprint density at radius 2 is 1.96 bits per heavy atom. The van der Waals surface area contributed by atoms with Gasteiger partial charge in [-0.25, -0.2) is 9.37 Å². The van der Waals surface area contributed by atoms with E-state index in [-0.39, 0.29) is 40.8 Å². The third kappa shape index (κ3) is 2.45. The summed E-state index contributed by atoms with van der Waals surface area (Å²) in [5.41, 5.74) is 7.47. The molecule has 0 bridgehead atoms. The molecular formula is C19H15FN4O2. The number of aryl methyl sites for hydroxylation is 1. The zero-order chi connectivity index (χ0) is 18.4. The molecule has 0 amide bonds. The molecule has 2 aromatic carbocycles. The van der Waals surface area contributed by atoms with E-state index in [1.165, 1.54) is 11.0 Å². The second-order valence-corrected chi connectivity index (χ2v) is 6.16. The number of rotatable bonds is 2. The largest absolute Gasteiger partial charge is 0.384 e. The summed E-state index contributed by atoms with van der Waals surface area (Å²) in [5.74, 6) is -0.661. The summed E-state index contributed by atoms with van der Waals surface area (Å²) in [4.78, 5) is 33.3. The first-order valence-electron chi connectivity index (χ1n) is 8.02. The lowest BCUT2D eigenvalue weighted by Crippen LogP contribution is -2.26. The fourth-order valence-electron chi connectivity index (χ4n) is 3.09. The number of Topliss-reactive ketones (excluding diaryl/α,β-unsaturated/α-hetero) is 1. The van der Waals surface area contributed by atoms with E-state index in [1.54, 1.807) is 30.3 Å². The molecule has 3 N–H and O–H groups in total. The normalized spacial score (nSPS) is 14.5. The minimum absolute atomic E-state index is 0.0650. The van der Waals surface area contributed by atoms with Crippen LogP contribution in [0.15, 0.2) is 53.1 Å². The van der Waals surface area contributed by atoms with Crippen LogP contribution in [-0.2, 0) is 4.79 Å². The molecule has 0 unspecified atom stereocenters. The van der Waals surface area contributed by atoms with Crippen molar-refractivity contribution in [1.82, 2.24) is 9.97 Å². The fourth-order valence-corrected chi connectivity index (χ4v) is 3.09. The Labute approximate surface area is 147 Å². The van der Waals surface area contributed by atoms with E-state index in [0.717, 1.165) is 5.56 Å². The Balaban J connectivity index is 1.89. The van der Waals surface area contributed by atoms with Crippen LogP contribution in [-0.4, -0.2) is 22.3 Å². The van der Waals surface area contributed by atoms with Crippen molar-refractivity contribution in [3.8, 4) is 0 Å².